The monoisotopic (exact) mass is 402 g/mol. The first-order valence-corrected chi connectivity index (χ1v) is 10.4. The fraction of sp³-hybridized carbons (Fsp3) is 0.0769. The van der Waals surface area contributed by atoms with Gasteiger partial charge in [-0.2, -0.15) is 0 Å². The molecule has 0 saturated carbocycles. The first kappa shape index (κ1) is 18.8. The van der Waals surface area contributed by atoms with Gasteiger partial charge < -0.3 is 0 Å². The van der Waals surface area contributed by atoms with Gasteiger partial charge in [0.15, 0.2) is 0 Å². The molecule has 0 radical (unpaired) electrons. The van der Waals surface area contributed by atoms with Gasteiger partial charge in [-0.15, -0.1) is 23.2 Å². The van der Waals surface area contributed by atoms with E-state index in [2.05, 4.69) is 78.9 Å². The van der Waals surface area contributed by atoms with E-state index in [9.17, 15) is 0 Å². The second-order valence-electron chi connectivity index (χ2n) is 6.68. The third-order valence-corrected chi connectivity index (χ3v) is 5.56. The smallest absolute Gasteiger partial charge is 0.0486 e. The topological polar surface area (TPSA) is 0 Å². The van der Waals surface area contributed by atoms with Crippen LogP contribution in [0.15, 0.2) is 97.1 Å². The maximum atomic E-state index is 6.56. The first-order valence-electron chi connectivity index (χ1n) is 9.30. The van der Waals surface area contributed by atoms with Gasteiger partial charge in [0.2, 0.25) is 0 Å². The predicted octanol–water partition coefficient (Wildman–Crippen LogP) is 8.17. The van der Waals surface area contributed by atoms with Crippen molar-refractivity contribution in [3.05, 3.63) is 108 Å². The summed E-state index contributed by atoms with van der Waals surface area (Å²) in [6, 6.07) is 33.5. The van der Waals surface area contributed by atoms with Crippen LogP contribution in [0.2, 0.25) is 0 Å². The summed E-state index contributed by atoms with van der Waals surface area (Å²) in [7, 11) is 0. The average molecular weight is 403 g/mol. The highest BCUT2D eigenvalue weighted by Gasteiger charge is 2.20. The fourth-order valence-corrected chi connectivity index (χ4v) is 4.25. The van der Waals surface area contributed by atoms with Crippen LogP contribution < -0.4 is 0 Å². The summed E-state index contributed by atoms with van der Waals surface area (Å²) in [6.07, 6.45) is 0. The molecular formula is C26H20Cl2. The van der Waals surface area contributed by atoms with Crippen molar-refractivity contribution in [2.24, 2.45) is 0 Å². The van der Waals surface area contributed by atoms with Crippen LogP contribution in [-0.2, 0) is 11.8 Å². The van der Waals surface area contributed by atoms with E-state index in [4.69, 9.17) is 23.2 Å². The van der Waals surface area contributed by atoms with Crippen LogP contribution in [0, 0.1) is 0 Å². The lowest BCUT2D eigenvalue weighted by atomic mass is 9.83. The van der Waals surface area contributed by atoms with Gasteiger partial charge in [-0.1, -0.05) is 91.0 Å². The van der Waals surface area contributed by atoms with Gasteiger partial charge in [0.25, 0.3) is 0 Å². The Kier molecular flexibility index (Phi) is 5.81. The number of benzene rings is 4. The summed E-state index contributed by atoms with van der Waals surface area (Å²) in [5.41, 5.74) is 9.18. The van der Waals surface area contributed by atoms with Crippen molar-refractivity contribution in [1.29, 1.82) is 0 Å². The predicted molar refractivity (Wildman–Crippen MR) is 122 cm³/mol. The molecular weight excluding hydrogens is 383 g/mol. The number of alkyl halides is 2. The van der Waals surface area contributed by atoms with Gasteiger partial charge in [0.1, 0.15) is 0 Å². The Hall–Kier alpha value is -2.54. The van der Waals surface area contributed by atoms with Crippen LogP contribution in [0.3, 0.4) is 0 Å². The van der Waals surface area contributed by atoms with Crippen molar-refractivity contribution in [3.63, 3.8) is 0 Å². The minimum absolute atomic E-state index is 0.427. The van der Waals surface area contributed by atoms with E-state index in [1.807, 2.05) is 18.2 Å². The molecule has 0 fully saturated rings. The van der Waals surface area contributed by atoms with Crippen LogP contribution in [-0.4, -0.2) is 0 Å². The Morgan fingerprint density at radius 1 is 0.500 bits per heavy atom. The molecule has 0 spiro atoms. The molecule has 4 rings (SSSR count). The van der Waals surface area contributed by atoms with Crippen molar-refractivity contribution in [2.75, 3.05) is 0 Å². The second kappa shape index (κ2) is 8.65. The molecule has 0 heterocycles. The number of rotatable bonds is 5. The SMILES string of the molecule is ClCc1cc(-c2ccccc2)c(CCl)c(-c2ccccc2)c1-c1ccccc1. The molecule has 4 aromatic carbocycles. The molecule has 0 aromatic heterocycles. The zero-order chi connectivity index (χ0) is 19.3. The minimum Gasteiger partial charge on any atom is -0.122 e. The summed E-state index contributed by atoms with van der Waals surface area (Å²) < 4.78 is 0. The van der Waals surface area contributed by atoms with Gasteiger partial charge in [0.05, 0.1) is 0 Å². The molecule has 138 valence electrons. The summed E-state index contributed by atoms with van der Waals surface area (Å²) in [5, 5.41) is 0. The Balaban J connectivity index is 2.12. The maximum Gasteiger partial charge on any atom is 0.0486 e. The number of halogens is 2. The van der Waals surface area contributed by atoms with Crippen molar-refractivity contribution in [3.8, 4) is 33.4 Å². The largest absolute Gasteiger partial charge is 0.122 e. The lowest BCUT2D eigenvalue weighted by Crippen LogP contribution is -2.00. The maximum absolute atomic E-state index is 6.56. The van der Waals surface area contributed by atoms with Gasteiger partial charge in [-0.05, 0) is 50.6 Å². The van der Waals surface area contributed by atoms with Gasteiger partial charge in [-0.3, -0.25) is 0 Å². The van der Waals surface area contributed by atoms with Crippen molar-refractivity contribution >= 4 is 23.2 Å². The zero-order valence-corrected chi connectivity index (χ0v) is 16.9. The molecule has 0 bridgehead atoms. The third kappa shape index (κ3) is 3.58. The lowest BCUT2D eigenvalue weighted by Gasteiger charge is -2.22. The highest BCUT2D eigenvalue weighted by molar-refractivity contribution is 6.19. The molecule has 2 heteroatoms. The van der Waals surface area contributed by atoms with E-state index in [1.165, 1.54) is 5.56 Å². The van der Waals surface area contributed by atoms with E-state index < -0.39 is 0 Å². The first-order chi connectivity index (χ1) is 13.8. The number of hydrogen-bond acceptors (Lipinski definition) is 0. The van der Waals surface area contributed by atoms with E-state index in [1.54, 1.807) is 0 Å². The molecule has 0 saturated heterocycles. The van der Waals surface area contributed by atoms with Crippen molar-refractivity contribution in [1.82, 2.24) is 0 Å². The summed E-state index contributed by atoms with van der Waals surface area (Å²) in [4.78, 5) is 0. The molecule has 0 aliphatic carbocycles. The molecule has 0 nitrogen and oxygen atoms in total. The summed E-state index contributed by atoms with van der Waals surface area (Å²) in [6.45, 7) is 0. The molecule has 0 amide bonds. The van der Waals surface area contributed by atoms with Crippen LogP contribution in [0.25, 0.3) is 33.4 Å². The molecule has 0 aliphatic rings. The average Bonchev–Trinajstić information content (AvgIpc) is 2.79. The highest BCUT2D eigenvalue weighted by atomic mass is 35.5. The van der Waals surface area contributed by atoms with E-state index >= 15 is 0 Å². The van der Waals surface area contributed by atoms with Gasteiger partial charge in [0, 0.05) is 11.8 Å². The van der Waals surface area contributed by atoms with Crippen LogP contribution in [0.5, 0.6) is 0 Å². The molecule has 4 aromatic rings. The van der Waals surface area contributed by atoms with Crippen LogP contribution in [0.4, 0.5) is 0 Å². The minimum atomic E-state index is 0.427. The summed E-state index contributed by atoms with van der Waals surface area (Å²) >= 11 is 13.0. The molecule has 0 unspecified atom stereocenters. The summed E-state index contributed by atoms with van der Waals surface area (Å²) in [5.74, 6) is 0.864. The van der Waals surface area contributed by atoms with E-state index in [0.717, 1.165) is 38.9 Å². The van der Waals surface area contributed by atoms with E-state index in [0.29, 0.717) is 11.8 Å². The van der Waals surface area contributed by atoms with Gasteiger partial charge >= 0.3 is 0 Å². The quantitative estimate of drug-likeness (QED) is 0.295. The Morgan fingerprint density at radius 2 is 0.964 bits per heavy atom. The normalized spacial score (nSPS) is 10.8. The van der Waals surface area contributed by atoms with Crippen LogP contribution in [0.1, 0.15) is 11.1 Å². The lowest BCUT2D eigenvalue weighted by molar-refractivity contribution is 1.33. The Labute approximate surface area is 176 Å². The van der Waals surface area contributed by atoms with Gasteiger partial charge in [-0.25, -0.2) is 0 Å². The second-order valence-corrected chi connectivity index (χ2v) is 7.21. The van der Waals surface area contributed by atoms with Crippen molar-refractivity contribution in [2.45, 2.75) is 11.8 Å². The standard InChI is InChI=1S/C26H20Cl2/c27-17-22-16-23(19-10-4-1-5-11-19)24(18-28)26(21-14-8-3-9-15-21)25(22)20-12-6-2-7-13-20/h1-16H,17-18H2. The Morgan fingerprint density at radius 3 is 1.43 bits per heavy atom. The third-order valence-electron chi connectivity index (χ3n) is 5.00. The Bertz CT molecular complexity index is 1060. The highest BCUT2D eigenvalue weighted by Crippen LogP contribution is 2.43. The molecule has 0 atom stereocenters. The fourth-order valence-electron chi connectivity index (χ4n) is 3.76. The molecule has 28 heavy (non-hydrogen) atoms. The zero-order valence-electron chi connectivity index (χ0n) is 15.4. The van der Waals surface area contributed by atoms with Crippen LogP contribution >= 0.6 is 23.2 Å². The number of hydrogen-bond donors (Lipinski definition) is 0. The van der Waals surface area contributed by atoms with E-state index in [-0.39, 0.29) is 0 Å². The van der Waals surface area contributed by atoms with Crippen molar-refractivity contribution < 1.29 is 0 Å². The molecule has 0 aliphatic heterocycles. The molecule has 0 N–H and O–H groups in total.